The van der Waals surface area contributed by atoms with Crippen molar-refractivity contribution in [3.05, 3.63) is 48.0 Å². The number of hydrogen-bond donors (Lipinski definition) is 1. The summed E-state index contributed by atoms with van der Waals surface area (Å²) >= 11 is 0. The van der Waals surface area contributed by atoms with Crippen LogP contribution >= 0.6 is 0 Å². The highest BCUT2D eigenvalue weighted by atomic mass is 14.9. The molecule has 0 bridgehead atoms. The summed E-state index contributed by atoms with van der Waals surface area (Å²) in [6.07, 6.45) is 5.38. The van der Waals surface area contributed by atoms with E-state index in [-0.39, 0.29) is 0 Å². The highest BCUT2D eigenvalue weighted by Gasteiger charge is 2.08. The van der Waals surface area contributed by atoms with Crippen molar-refractivity contribution in [1.29, 1.82) is 0 Å². The van der Waals surface area contributed by atoms with Gasteiger partial charge in [0, 0.05) is 6.04 Å². The summed E-state index contributed by atoms with van der Waals surface area (Å²) in [7, 11) is 0. The molecule has 1 N–H and O–H groups in total. The third-order valence-electron chi connectivity index (χ3n) is 2.94. The Labute approximate surface area is 99.6 Å². The highest BCUT2D eigenvalue weighted by molar-refractivity contribution is 5.26. The van der Waals surface area contributed by atoms with Crippen molar-refractivity contribution in [3.8, 4) is 0 Å². The van der Waals surface area contributed by atoms with E-state index in [9.17, 15) is 0 Å². The number of allylic oxidation sites excluding steroid dienone is 1. The number of benzene rings is 1. The minimum Gasteiger partial charge on any atom is -0.314 e. The average Bonchev–Trinajstić information content (AvgIpc) is 2.29. The van der Waals surface area contributed by atoms with Crippen LogP contribution in [0, 0.1) is 6.92 Å². The maximum atomic E-state index is 3.79. The van der Waals surface area contributed by atoms with Crippen LogP contribution in [0.4, 0.5) is 0 Å². The SMILES string of the molecule is C=CCCC(Cc1ccccc1C)NCC. The lowest BCUT2D eigenvalue weighted by Gasteiger charge is -2.18. The Kier molecular flexibility index (Phi) is 5.87. The zero-order valence-electron chi connectivity index (χ0n) is 10.5. The molecule has 0 heterocycles. The van der Waals surface area contributed by atoms with Crippen molar-refractivity contribution >= 4 is 0 Å². The molecule has 0 aliphatic heterocycles. The van der Waals surface area contributed by atoms with Crippen LogP contribution in [-0.2, 0) is 6.42 Å². The third-order valence-corrected chi connectivity index (χ3v) is 2.94. The Morgan fingerprint density at radius 3 is 2.75 bits per heavy atom. The summed E-state index contributed by atoms with van der Waals surface area (Å²) in [5.74, 6) is 0. The summed E-state index contributed by atoms with van der Waals surface area (Å²) in [4.78, 5) is 0. The molecule has 0 aliphatic rings. The molecule has 1 unspecified atom stereocenters. The van der Waals surface area contributed by atoms with Crippen molar-refractivity contribution in [2.24, 2.45) is 0 Å². The molecule has 0 saturated heterocycles. The fraction of sp³-hybridized carbons (Fsp3) is 0.467. The normalized spacial score (nSPS) is 12.4. The van der Waals surface area contributed by atoms with Crippen LogP contribution in [0.5, 0.6) is 0 Å². The summed E-state index contributed by atoms with van der Waals surface area (Å²) in [6.45, 7) is 9.18. The molecule has 0 aliphatic carbocycles. The minimum atomic E-state index is 0.573. The summed E-state index contributed by atoms with van der Waals surface area (Å²) < 4.78 is 0. The first-order chi connectivity index (χ1) is 7.77. The minimum absolute atomic E-state index is 0.573. The first kappa shape index (κ1) is 13.0. The molecular formula is C15H23N. The first-order valence-corrected chi connectivity index (χ1v) is 6.16. The second kappa shape index (κ2) is 7.24. The van der Waals surface area contributed by atoms with Crippen LogP contribution in [0.15, 0.2) is 36.9 Å². The van der Waals surface area contributed by atoms with Crippen molar-refractivity contribution in [3.63, 3.8) is 0 Å². The van der Waals surface area contributed by atoms with E-state index in [1.807, 2.05) is 6.08 Å². The Morgan fingerprint density at radius 2 is 2.12 bits per heavy atom. The van der Waals surface area contributed by atoms with Gasteiger partial charge in [-0.1, -0.05) is 37.3 Å². The van der Waals surface area contributed by atoms with E-state index in [2.05, 4.69) is 50.0 Å². The molecule has 0 aromatic heterocycles. The topological polar surface area (TPSA) is 12.0 Å². The van der Waals surface area contributed by atoms with Crippen LogP contribution in [0.2, 0.25) is 0 Å². The second-order valence-corrected chi connectivity index (χ2v) is 4.25. The number of aryl methyl sites for hydroxylation is 1. The van der Waals surface area contributed by atoms with Gasteiger partial charge >= 0.3 is 0 Å². The molecule has 1 aromatic carbocycles. The van der Waals surface area contributed by atoms with E-state index in [0.29, 0.717) is 6.04 Å². The van der Waals surface area contributed by atoms with Crippen molar-refractivity contribution in [1.82, 2.24) is 5.32 Å². The Balaban J connectivity index is 2.59. The predicted molar refractivity (Wildman–Crippen MR) is 71.8 cm³/mol. The molecule has 0 radical (unpaired) electrons. The maximum Gasteiger partial charge on any atom is 0.0110 e. The lowest BCUT2D eigenvalue weighted by molar-refractivity contribution is 0.494. The molecule has 1 heteroatoms. The molecule has 1 aromatic rings. The number of likely N-dealkylation sites (N-methyl/N-ethyl adjacent to an activating group) is 1. The molecule has 1 atom stereocenters. The van der Waals surface area contributed by atoms with E-state index in [4.69, 9.17) is 0 Å². The van der Waals surface area contributed by atoms with Gasteiger partial charge < -0.3 is 5.32 Å². The van der Waals surface area contributed by atoms with Gasteiger partial charge in [0.2, 0.25) is 0 Å². The standard InChI is InChI=1S/C15H23N/c1-4-6-11-15(16-5-2)12-14-10-8-7-9-13(14)3/h4,7-10,15-16H,1,5-6,11-12H2,2-3H3. The van der Waals surface area contributed by atoms with Gasteiger partial charge in [-0.2, -0.15) is 0 Å². The van der Waals surface area contributed by atoms with Gasteiger partial charge in [-0.3, -0.25) is 0 Å². The van der Waals surface area contributed by atoms with Gasteiger partial charge in [0.1, 0.15) is 0 Å². The summed E-state index contributed by atoms with van der Waals surface area (Å²) in [5, 5.41) is 3.55. The smallest absolute Gasteiger partial charge is 0.0110 e. The fourth-order valence-electron chi connectivity index (χ4n) is 1.99. The van der Waals surface area contributed by atoms with Gasteiger partial charge in [0.25, 0.3) is 0 Å². The number of hydrogen-bond acceptors (Lipinski definition) is 1. The summed E-state index contributed by atoms with van der Waals surface area (Å²) in [5.41, 5.74) is 2.85. The molecule has 88 valence electrons. The Bertz CT molecular complexity index is 317. The highest BCUT2D eigenvalue weighted by Crippen LogP contribution is 2.12. The van der Waals surface area contributed by atoms with E-state index >= 15 is 0 Å². The zero-order chi connectivity index (χ0) is 11.8. The second-order valence-electron chi connectivity index (χ2n) is 4.25. The van der Waals surface area contributed by atoms with Gasteiger partial charge in [0.15, 0.2) is 0 Å². The van der Waals surface area contributed by atoms with Crippen LogP contribution in [0.3, 0.4) is 0 Å². The van der Waals surface area contributed by atoms with Gasteiger partial charge in [0.05, 0.1) is 0 Å². The van der Waals surface area contributed by atoms with Crippen LogP contribution in [0.25, 0.3) is 0 Å². The average molecular weight is 217 g/mol. The van der Waals surface area contributed by atoms with Crippen molar-refractivity contribution < 1.29 is 0 Å². The zero-order valence-corrected chi connectivity index (χ0v) is 10.5. The van der Waals surface area contributed by atoms with Crippen LogP contribution in [-0.4, -0.2) is 12.6 Å². The molecule has 1 nitrogen and oxygen atoms in total. The van der Waals surface area contributed by atoms with Crippen LogP contribution < -0.4 is 5.32 Å². The largest absolute Gasteiger partial charge is 0.314 e. The molecule has 0 amide bonds. The third kappa shape index (κ3) is 4.19. The first-order valence-electron chi connectivity index (χ1n) is 6.16. The molecular weight excluding hydrogens is 194 g/mol. The van der Waals surface area contributed by atoms with E-state index in [0.717, 1.165) is 19.4 Å². The van der Waals surface area contributed by atoms with Crippen LogP contribution in [0.1, 0.15) is 30.9 Å². The van der Waals surface area contributed by atoms with E-state index in [1.165, 1.54) is 17.5 Å². The Hall–Kier alpha value is -1.08. The summed E-state index contributed by atoms with van der Waals surface area (Å²) in [6, 6.07) is 9.22. The molecule has 16 heavy (non-hydrogen) atoms. The lowest BCUT2D eigenvalue weighted by Crippen LogP contribution is -2.31. The van der Waals surface area contributed by atoms with Gasteiger partial charge in [-0.05, 0) is 43.9 Å². The molecule has 0 fully saturated rings. The number of nitrogens with one attached hydrogen (secondary N) is 1. The van der Waals surface area contributed by atoms with E-state index < -0.39 is 0 Å². The predicted octanol–water partition coefficient (Wildman–Crippen LogP) is 3.48. The monoisotopic (exact) mass is 217 g/mol. The molecule has 0 saturated carbocycles. The van der Waals surface area contributed by atoms with Gasteiger partial charge in [-0.15, -0.1) is 6.58 Å². The molecule has 0 spiro atoms. The fourth-order valence-corrected chi connectivity index (χ4v) is 1.99. The number of rotatable bonds is 7. The maximum absolute atomic E-state index is 3.79. The van der Waals surface area contributed by atoms with Crippen molar-refractivity contribution in [2.75, 3.05) is 6.54 Å². The van der Waals surface area contributed by atoms with Crippen molar-refractivity contribution in [2.45, 2.75) is 39.2 Å². The quantitative estimate of drug-likeness (QED) is 0.689. The Morgan fingerprint density at radius 1 is 1.38 bits per heavy atom. The lowest BCUT2D eigenvalue weighted by atomic mass is 9.98. The van der Waals surface area contributed by atoms with E-state index in [1.54, 1.807) is 0 Å². The molecule has 1 rings (SSSR count). The van der Waals surface area contributed by atoms with Gasteiger partial charge in [-0.25, -0.2) is 0 Å².